The van der Waals surface area contributed by atoms with Crippen molar-refractivity contribution in [3.05, 3.63) is 35.4 Å². The van der Waals surface area contributed by atoms with E-state index in [-0.39, 0.29) is 24.2 Å². The zero-order valence-electron chi connectivity index (χ0n) is 14.8. The molecule has 1 aromatic carbocycles. The number of aromatic hydroxyl groups is 1. The zero-order chi connectivity index (χ0) is 19.3. The number of phenols is 1. The van der Waals surface area contributed by atoms with Gasteiger partial charge in [-0.3, -0.25) is 4.79 Å². The van der Waals surface area contributed by atoms with Crippen LogP contribution in [0.4, 0.5) is 0 Å². The van der Waals surface area contributed by atoms with Gasteiger partial charge in [-0.05, 0) is 43.9 Å². The van der Waals surface area contributed by atoms with Gasteiger partial charge in [0.15, 0.2) is 5.78 Å². The molecule has 0 aromatic heterocycles. The van der Waals surface area contributed by atoms with Crippen LogP contribution in [-0.2, 0) is 16.0 Å². The summed E-state index contributed by atoms with van der Waals surface area (Å²) in [5.41, 5.74) is 0.574. The Hall–Kier alpha value is -2.38. The summed E-state index contributed by atoms with van der Waals surface area (Å²) in [6.45, 7) is 1.66. The predicted octanol–water partition coefficient (Wildman–Crippen LogP) is 1.52. The van der Waals surface area contributed by atoms with E-state index in [9.17, 15) is 24.9 Å². The van der Waals surface area contributed by atoms with Gasteiger partial charge < -0.3 is 24.8 Å². The van der Waals surface area contributed by atoms with E-state index in [1.54, 1.807) is 13.0 Å². The van der Waals surface area contributed by atoms with Crippen molar-refractivity contribution in [2.24, 2.45) is 0 Å². The fraction of sp³-hybridized carbons (Fsp3) is 0.474. The van der Waals surface area contributed by atoms with E-state index in [0.29, 0.717) is 24.2 Å². The van der Waals surface area contributed by atoms with E-state index < -0.39 is 30.1 Å². The molecule has 26 heavy (non-hydrogen) atoms. The van der Waals surface area contributed by atoms with E-state index in [1.165, 1.54) is 25.3 Å². The number of phenolic OH excluding ortho intramolecular Hbond substituents is 1. The highest BCUT2D eigenvalue weighted by molar-refractivity contribution is 5.95. The first-order valence-electron chi connectivity index (χ1n) is 8.50. The van der Waals surface area contributed by atoms with Gasteiger partial charge in [-0.25, -0.2) is 4.79 Å². The second-order valence-corrected chi connectivity index (χ2v) is 6.34. The molecule has 1 aromatic rings. The topological polar surface area (TPSA) is 113 Å². The maximum absolute atomic E-state index is 12.5. The van der Waals surface area contributed by atoms with Crippen LogP contribution in [-0.4, -0.2) is 52.5 Å². The van der Waals surface area contributed by atoms with Crippen LogP contribution in [0.25, 0.3) is 0 Å². The number of methoxy groups -OCH3 is 1. The van der Waals surface area contributed by atoms with Crippen molar-refractivity contribution in [1.29, 1.82) is 0 Å². The van der Waals surface area contributed by atoms with Gasteiger partial charge in [0.05, 0.1) is 13.2 Å². The monoisotopic (exact) mass is 364 g/mol. The Morgan fingerprint density at radius 3 is 2.65 bits per heavy atom. The van der Waals surface area contributed by atoms with Crippen LogP contribution >= 0.6 is 0 Å². The van der Waals surface area contributed by atoms with Crippen molar-refractivity contribution in [1.82, 2.24) is 0 Å². The van der Waals surface area contributed by atoms with E-state index >= 15 is 0 Å². The summed E-state index contributed by atoms with van der Waals surface area (Å²) >= 11 is 0. The molecule has 7 nitrogen and oxygen atoms in total. The van der Waals surface area contributed by atoms with Gasteiger partial charge in [0.1, 0.15) is 29.3 Å². The summed E-state index contributed by atoms with van der Waals surface area (Å²) in [6, 6.07) is 2.96. The molecule has 0 spiro atoms. The molecule has 0 unspecified atom stereocenters. The van der Waals surface area contributed by atoms with Crippen molar-refractivity contribution in [2.75, 3.05) is 7.11 Å². The summed E-state index contributed by atoms with van der Waals surface area (Å²) in [4.78, 5) is 24.3. The first kappa shape index (κ1) is 19.9. The number of aliphatic hydroxyl groups excluding tert-OH is 2. The summed E-state index contributed by atoms with van der Waals surface area (Å²) < 4.78 is 10.5. The fourth-order valence-corrected chi connectivity index (χ4v) is 2.82. The quantitative estimate of drug-likeness (QED) is 0.648. The van der Waals surface area contributed by atoms with Crippen LogP contribution < -0.4 is 4.74 Å². The number of ketones is 1. The number of hydrogen-bond donors (Lipinski definition) is 3. The second-order valence-electron chi connectivity index (χ2n) is 6.34. The summed E-state index contributed by atoms with van der Waals surface area (Å²) in [6.07, 6.45) is 0.556. The minimum Gasteiger partial charge on any atom is -0.507 e. The van der Waals surface area contributed by atoms with Crippen LogP contribution in [0.2, 0.25) is 0 Å². The Kier molecular flexibility index (Phi) is 6.76. The summed E-state index contributed by atoms with van der Waals surface area (Å²) in [5.74, 6) is -1.10. The van der Waals surface area contributed by atoms with Crippen molar-refractivity contribution < 1.29 is 34.4 Å². The third kappa shape index (κ3) is 4.83. The second kappa shape index (κ2) is 8.82. The van der Waals surface area contributed by atoms with Crippen LogP contribution in [0.3, 0.4) is 0 Å². The SMILES string of the molecule is COc1cc(O)c2c(c1)CCC[C@@H](O)[C@H](O)C(=O)/C=C\C[C@H](C)OC2=O. The number of cyclic esters (lactones) is 1. The van der Waals surface area contributed by atoms with Crippen LogP contribution in [0.15, 0.2) is 24.3 Å². The first-order chi connectivity index (χ1) is 12.3. The molecule has 142 valence electrons. The minimum atomic E-state index is -1.50. The molecular formula is C19H24O7. The average Bonchev–Trinajstić information content (AvgIpc) is 2.59. The van der Waals surface area contributed by atoms with E-state index in [1.807, 2.05) is 0 Å². The van der Waals surface area contributed by atoms with Crippen molar-refractivity contribution in [2.45, 2.75) is 50.9 Å². The number of carbonyl (C=O) groups is 2. The lowest BCUT2D eigenvalue weighted by atomic mass is 9.97. The molecule has 1 aliphatic heterocycles. The molecule has 7 heteroatoms. The first-order valence-corrected chi connectivity index (χ1v) is 8.50. The Morgan fingerprint density at radius 2 is 1.96 bits per heavy atom. The maximum atomic E-state index is 12.5. The van der Waals surface area contributed by atoms with Crippen molar-refractivity contribution >= 4 is 11.8 Å². The molecule has 1 aliphatic rings. The molecule has 0 amide bonds. The lowest BCUT2D eigenvalue weighted by Gasteiger charge is -2.18. The molecule has 0 saturated heterocycles. The lowest BCUT2D eigenvalue weighted by Crippen LogP contribution is -2.33. The number of rotatable bonds is 1. The number of carbonyl (C=O) groups excluding carboxylic acids is 2. The Morgan fingerprint density at radius 1 is 1.23 bits per heavy atom. The molecule has 0 bridgehead atoms. The average molecular weight is 364 g/mol. The third-order valence-corrected chi connectivity index (χ3v) is 4.27. The highest BCUT2D eigenvalue weighted by Gasteiger charge is 2.25. The molecule has 1 heterocycles. The van der Waals surface area contributed by atoms with Crippen molar-refractivity contribution in [3.63, 3.8) is 0 Å². The minimum absolute atomic E-state index is 0.0600. The third-order valence-electron chi connectivity index (χ3n) is 4.27. The highest BCUT2D eigenvalue weighted by Crippen LogP contribution is 2.30. The lowest BCUT2D eigenvalue weighted by molar-refractivity contribution is -0.128. The normalized spacial score (nSPS) is 26.4. The van der Waals surface area contributed by atoms with Gasteiger partial charge in [0.25, 0.3) is 0 Å². The van der Waals surface area contributed by atoms with E-state index in [0.717, 1.165) is 0 Å². The number of benzene rings is 1. The largest absolute Gasteiger partial charge is 0.507 e. The fourth-order valence-electron chi connectivity index (χ4n) is 2.82. The van der Waals surface area contributed by atoms with Gasteiger partial charge in [-0.15, -0.1) is 0 Å². The number of ether oxygens (including phenoxy) is 2. The molecule has 0 radical (unpaired) electrons. The number of esters is 1. The molecule has 0 fully saturated rings. The van der Waals surface area contributed by atoms with E-state index in [2.05, 4.69) is 0 Å². The standard InChI is InChI=1S/C19H24O7/c1-11-5-3-7-14(20)18(23)15(21)8-4-6-12-9-13(25-2)10-16(22)17(12)19(24)26-11/h3,7,9-11,15,18,21-23H,4-6,8H2,1-2H3/b7-3-/t11-,15+,18+/m0/s1. The van der Waals surface area contributed by atoms with E-state index in [4.69, 9.17) is 9.47 Å². The summed E-state index contributed by atoms with van der Waals surface area (Å²) in [7, 11) is 1.45. The predicted molar refractivity (Wildman–Crippen MR) is 93.3 cm³/mol. The molecule has 0 aliphatic carbocycles. The van der Waals surface area contributed by atoms with Gasteiger partial charge >= 0.3 is 5.97 Å². The van der Waals surface area contributed by atoms with Crippen LogP contribution in [0.5, 0.6) is 11.5 Å². The molecule has 2 rings (SSSR count). The van der Waals surface area contributed by atoms with Crippen molar-refractivity contribution in [3.8, 4) is 11.5 Å². The summed E-state index contributed by atoms with van der Waals surface area (Å²) in [5, 5.41) is 30.1. The molecule has 3 atom stereocenters. The number of fused-ring (bicyclic) bond motifs is 1. The Bertz CT molecular complexity index is 695. The number of aryl methyl sites for hydroxylation is 1. The maximum Gasteiger partial charge on any atom is 0.342 e. The van der Waals surface area contributed by atoms with Gasteiger partial charge in [-0.2, -0.15) is 0 Å². The van der Waals surface area contributed by atoms with Crippen LogP contribution in [0.1, 0.15) is 42.1 Å². The zero-order valence-corrected chi connectivity index (χ0v) is 14.8. The number of aliphatic hydroxyl groups is 2. The Balaban J connectivity index is 2.36. The Labute approximate surface area is 151 Å². The van der Waals surface area contributed by atoms with Crippen LogP contribution in [0, 0.1) is 0 Å². The highest BCUT2D eigenvalue weighted by atomic mass is 16.5. The van der Waals surface area contributed by atoms with Gasteiger partial charge in [0.2, 0.25) is 0 Å². The molecule has 3 N–H and O–H groups in total. The van der Waals surface area contributed by atoms with Gasteiger partial charge in [-0.1, -0.05) is 6.08 Å². The number of hydrogen-bond acceptors (Lipinski definition) is 7. The molecular weight excluding hydrogens is 340 g/mol. The molecule has 0 saturated carbocycles. The smallest absolute Gasteiger partial charge is 0.342 e. The van der Waals surface area contributed by atoms with Gasteiger partial charge in [0, 0.05) is 12.5 Å².